The maximum absolute atomic E-state index is 12.3. The minimum absolute atomic E-state index is 0.381. The molecule has 0 spiro atoms. The van der Waals surface area contributed by atoms with Crippen molar-refractivity contribution < 1.29 is 35.2 Å². The number of halogens is 3. The van der Waals surface area contributed by atoms with Crippen LogP contribution in [0, 0.1) is 0 Å². The summed E-state index contributed by atoms with van der Waals surface area (Å²) in [5.41, 5.74) is -5.07. The summed E-state index contributed by atoms with van der Waals surface area (Å²) in [6.07, 6.45) is 0.502. The molecule has 2 rings (SSSR count). The molecule has 134 valence electrons. The van der Waals surface area contributed by atoms with Crippen LogP contribution in [0.4, 0.5) is 13.2 Å². The van der Waals surface area contributed by atoms with E-state index in [1.807, 2.05) is 6.92 Å². The monoisotopic (exact) mass is 366 g/mol. The maximum atomic E-state index is 12.3. The molecular formula is C15H17F3O5S. The van der Waals surface area contributed by atoms with E-state index in [2.05, 4.69) is 10.8 Å². The van der Waals surface area contributed by atoms with Crippen LogP contribution in [0.25, 0.3) is 0 Å². The van der Waals surface area contributed by atoms with Crippen molar-refractivity contribution in [3.8, 4) is 5.75 Å². The first-order valence-corrected chi connectivity index (χ1v) is 8.50. The van der Waals surface area contributed by atoms with Gasteiger partial charge in [-0.2, -0.15) is 21.6 Å². The molecule has 1 fully saturated rings. The highest BCUT2D eigenvalue weighted by Crippen LogP contribution is 2.39. The second-order valence-corrected chi connectivity index (χ2v) is 6.97. The molecule has 0 bridgehead atoms. The number of rotatable bonds is 7. The molecule has 1 saturated heterocycles. The molecule has 1 aliphatic rings. The van der Waals surface area contributed by atoms with Crippen LogP contribution >= 0.6 is 0 Å². The molecule has 24 heavy (non-hydrogen) atoms. The molecule has 1 aromatic rings. The van der Waals surface area contributed by atoms with Crippen molar-refractivity contribution in [2.75, 3.05) is 19.8 Å². The van der Waals surface area contributed by atoms with Gasteiger partial charge in [0.2, 0.25) is 0 Å². The van der Waals surface area contributed by atoms with Crippen molar-refractivity contribution in [3.63, 3.8) is 0 Å². The Morgan fingerprint density at radius 1 is 1.29 bits per heavy atom. The number of allylic oxidation sites excluding steroid dienone is 1. The topological polar surface area (TPSA) is 61.8 Å². The van der Waals surface area contributed by atoms with E-state index in [0.717, 1.165) is 5.56 Å². The quantitative estimate of drug-likeness (QED) is 0.422. The maximum Gasteiger partial charge on any atom is 0.534 e. The molecule has 0 N–H and O–H groups in total. The molecule has 0 radical (unpaired) electrons. The van der Waals surface area contributed by atoms with Gasteiger partial charge in [-0.3, -0.25) is 0 Å². The van der Waals surface area contributed by atoms with Crippen molar-refractivity contribution >= 4 is 10.1 Å². The van der Waals surface area contributed by atoms with Crippen LogP contribution in [-0.2, 0) is 25.0 Å². The van der Waals surface area contributed by atoms with Gasteiger partial charge in [0.1, 0.15) is 5.75 Å². The van der Waals surface area contributed by atoms with Gasteiger partial charge in [0.05, 0.1) is 25.6 Å². The summed E-state index contributed by atoms with van der Waals surface area (Å²) in [6.45, 7) is 6.98. The van der Waals surface area contributed by atoms with Crippen molar-refractivity contribution in [3.05, 3.63) is 42.2 Å². The Labute approximate surface area is 138 Å². The zero-order valence-electron chi connectivity index (χ0n) is 12.9. The van der Waals surface area contributed by atoms with Gasteiger partial charge in [0, 0.05) is 11.8 Å². The Hall–Kier alpha value is -1.74. The number of benzene rings is 1. The van der Waals surface area contributed by atoms with Crippen molar-refractivity contribution in [1.82, 2.24) is 0 Å². The minimum atomic E-state index is -5.68. The summed E-state index contributed by atoms with van der Waals surface area (Å²) in [5, 5.41) is 0. The Bertz CT molecular complexity index is 691. The Morgan fingerprint density at radius 3 is 2.29 bits per heavy atom. The molecule has 0 amide bonds. The first-order chi connectivity index (χ1) is 11.1. The van der Waals surface area contributed by atoms with Crippen molar-refractivity contribution in [2.45, 2.75) is 24.3 Å². The highest BCUT2D eigenvalue weighted by atomic mass is 32.2. The third kappa shape index (κ3) is 3.84. The zero-order chi connectivity index (χ0) is 18.0. The molecule has 1 aromatic carbocycles. The van der Waals surface area contributed by atoms with E-state index >= 15 is 0 Å². The van der Waals surface area contributed by atoms with Gasteiger partial charge < -0.3 is 13.7 Å². The molecule has 0 aromatic heterocycles. The summed E-state index contributed by atoms with van der Waals surface area (Å²) >= 11 is 0. The van der Waals surface area contributed by atoms with Gasteiger partial charge >= 0.3 is 15.6 Å². The van der Waals surface area contributed by atoms with Crippen LogP contribution in [0.5, 0.6) is 5.75 Å². The van der Waals surface area contributed by atoms with Crippen LogP contribution in [-0.4, -0.2) is 33.7 Å². The fourth-order valence-electron chi connectivity index (χ4n) is 2.39. The van der Waals surface area contributed by atoms with E-state index in [4.69, 9.17) is 9.47 Å². The van der Waals surface area contributed by atoms with E-state index in [9.17, 15) is 21.6 Å². The smallest absolute Gasteiger partial charge is 0.499 e. The Balaban J connectivity index is 2.15. The lowest BCUT2D eigenvalue weighted by Crippen LogP contribution is -2.47. The van der Waals surface area contributed by atoms with E-state index in [1.165, 1.54) is 24.3 Å². The minimum Gasteiger partial charge on any atom is -0.499 e. The summed E-state index contributed by atoms with van der Waals surface area (Å²) in [5.74, 6) is 0.177. The molecule has 0 saturated carbocycles. The van der Waals surface area contributed by atoms with Crippen LogP contribution in [0.15, 0.2) is 36.6 Å². The predicted octanol–water partition coefficient (Wildman–Crippen LogP) is 3.12. The second-order valence-electron chi connectivity index (χ2n) is 5.43. The van der Waals surface area contributed by atoms with E-state index in [1.54, 1.807) is 0 Å². The first kappa shape index (κ1) is 18.6. The van der Waals surface area contributed by atoms with E-state index < -0.39 is 21.4 Å². The van der Waals surface area contributed by atoms with Gasteiger partial charge in [-0.1, -0.05) is 18.7 Å². The van der Waals surface area contributed by atoms with Gasteiger partial charge in [-0.15, -0.1) is 0 Å². The van der Waals surface area contributed by atoms with Crippen molar-refractivity contribution in [1.29, 1.82) is 0 Å². The molecule has 1 aliphatic heterocycles. The highest BCUT2D eigenvalue weighted by molar-refractivity contribution is 7.87. The third-order valence-corrected chi connectivity index (χ3v) is 4.58. The normalized spacial score (nSPS) is 17.0. The Morgan fingerprint density at radius 2 is 1.88 bits per heavy atom. The number of ether oxygens (including phenoxy) is 2. The third-order valence-electron chi connectivity index (χ3n) is 3.60. The largest absolute Gasteiger partial charge is 0.534 e. The highest BCUT2D eigenvalue weighted by Gasteiger charge is 2.48. The zero-order valence-corrected chi connectivity index (χ0v) is 13.7. The molecule has 0 aliphatic carbocycles. The van der Waals surface area contributed by atoms with E-state index in [0.29, 0.717) is 32.0 Å². The lowest BCUT2D eigenvalue weighted by molar-refractivity contribution is -0.0654. The average molecular weight is 366 g/mol. The molecule has 5 nitrogen and oxygen atoms in total. The fourth-order valence-corrected chi connectivity index (χ4v) is 2.85. The van der Waals surface area contributed by atoms with Crippen LogP contribution in [0.1, 0.15) is 18.9 Å². The fraction of sp³-hybridized carbons (Fsp3) is 0.467. The number of alkyl halides is 3. The molecular weight excluding hydrogens is 349 g/mol. The Kier molecular flexibility index (Phi) is 5.14. The summed E-state index contributed by atoms with van der Waals surface area (Å²) < 4.78 is 73.6. The van der Waals surface area contributed by atoms with Gasteiger partial charge in [0.25, 0.3) is 0 Å². The summed E-state index contributed by atoms with van der Waals surface area (Å²) in [4.78, 5) is 0. The standard InChI is InChI=1S/C15H17F3O5S/c1-3-22-11(2)8-14(9-21-10-14)12-4-6-13(7-5-12)23-24(19,20)15(16,17)18/h4-7H,2-3,8-10H2,1H3. The number of hydrogen-bond donors (Lipinski definition) is 0. The molecule has 0 unspecified atom stereocenters. The number of hydrogen-bond acceptors (Lipinski definition) is 5. The summed E-state index contributed by atoms with van der Waals surface area (Å²) in [7, 11) is -5.68. The predicted molar refractivity (Wildman–Crippen MR) is 79.9 cm³/mol. The van der Waals surface area contributed by atoms with Gasteiger partial charge in [-0.25, -0.2) is 0 Å². The van der Waals surface area contributed by atoms with Crippen LogP contribution in [0.3, 0.4) is 0 Å². The molecule has 1 heterocycles. The van der Waals surface area contributed by atoms with Crippen LogP contribution < -0.4 is 4.18 Å². The average Bonchev–Trinajstić information content (AvgIpc) is 2.42. The second kappa shape index (κ2) is 6.64. The summed E-state index contributed by atoms with van der Waals surface area (Å²) in [6, 6.07) is 5.40. The SMILES string of the molecule is C=C(CC1(c2ccc(OS(=O)(=O)C(F)(F)F)cc2)COC1)OCC. The lowest BCUT2D eigenvalue weighted by Gasteiger charge is -2.42. The van der Waals surface area contributed by atoms with Crippen molar-refractivity contribution in [2.24, 2.45) is 0 Å². The van der Waals surface area contributed by atoms with Crippen LogP contribution in [0.2, 0.25) is 0 Å². The molecule has 0 atom stereocenters. The molecule has 9 heteroatoms. The lowest BCUT2D eigenvalue weighted by atomic mass is 9.75. The van der Waals surface area contributed by atoms with Gasteiger partial charge in [-0.05, 0) is 24.6 Å². The van der Waals surface area contributed by atoms with E-state index in [-0.39, 0.29) is 5.41 Å². The first-order valence-electron chi connectivity index (χ1n) is 7.09. The van der Waals surface area contributed by atoms with Gasteiger partial charge in [0.15, 0.2) is 0 Å².